The van der Waals surface area contributed by atoms with Crippen molar-refractivity contribution in [3.63, 3.8) is 0 Å². The quantitative estimate of drug-likeness (QED) is 0.741. The maximum atomic E-state index is 13.4. The van der Waals surface area contributed by atoms with E-state index in [9.17, 15) is 23.1 Å². The summed E-state index contributed by atoms with van der Waals surface area (Å²) in [5.74, 6) is 0.0171. The van der Waals surface area contributed by atoms with Gasteiger partial charge in [0.15, 0.2) is 0 Å². The summed E-state index contributed by atoms with van der Waals surface area (Å²) in [6.07, 6.45) is -2.96. The minimum atomic E-state index is -4.62. The molecule has 2 aliphatic heterocycles. The molecule has 2 aromatic carbocycles. The molecule has 174 valence electrons. The van der Waals surface area contributed by atoms with Crippen LogP contribution in [-0.2, 0) is 17.4 Å². The van der Waals surface area contributed by atoms with Crippen LogP contribution in [0.3, 0.4) is 0 Å². The van der Waals surface area contributed by atoms with Crippen molar-refractivity contribution in [3.05, 3.63) is 65.2 Å². The lowest BCUT2D eigenvalue weighted by Crippen LogP contribution is -2.50. The van der Waals surface area contributed by atoms with E-state index in [1.54, 1.807) is 6.07 Å². The van der Waals surface area contributed by atoms with Crippen LogP contribution in [0.2, 0.25) is 0 Å². The van der Waals surface area contributed by atoms with E-state index >= 15 is 0 Å². The van der Waals surface area contributed by atoms with Gasteiger partial charge in [-0.05, 0) is 36.6 Å². The van der Waals surface area contributed by atoms with E-state index < -0.39 is 22.7 Å². The van der Waals surface area contributed by atoms with Crippen molar-refractivity contribution in [2.75, 3.05) is 37.7 Å². The number of hydrogen-bond acceptors (Lipinski definition) is 4. The van der Waals surface area contributed by atoms with Crippen LogP contribution in [0.4, 0.5) is 18.9 Å². The Morgan fingerprint density at radius 3 is 2.61 bits per heavy atom. The van der Waals surface area contributed by atoms with Crippen LogP contribution in [0.15, 0.2) is 48.5 Å². The molecular weight excluding hydrogens is 431 g/mol. The molecule has 0 aromatic heterocycles. The molecule has 1 N–H and O–H groups in total. The van der Waals surface area contributed by atoms with Gasteiger partial charge in [0.05, 0.1) is 23.8 Å². The number of carbonyl (C=O) groups is 1. The number of anilines is 1. The van der Waals surface area contributed by atoms with Gasteiger partial charge in [-0.3, -0.25) is 4.79 Å². The monoisotopic (exact) mass is 457 g/mol. The third-order valence-corrected chi connectivity index (χ3v) is 7.07. The Morgan fingerprint density at radius 1 is 1.18 bits per heavy atom. The number of nitriles is 1. The topological polar surface area (TPSA) is 67.6 Å². The van der Waals surface area contributed by atoms with Gasteiger partial charge in [-0.2, -0.15) is 18.4 Å². The van der Waals surface area contributed by atoms with E-state index in [2.05, 4.69) is 0 Å². The molecule has 0 aliphatic carbocycles. The molecular formula is C25H26F3N3O2. The molecule has 33 heavy (non-hydrogen) atoms. The van der Waals surface area contributed by atoms with Gasteiger partial charge in [0.25, 0.3) is 0 Å². The van der Waals surface area contributed by atoms with E-state index in [1.165, 1.54) is 12.1 Å². The highest BCUT2D eigenvalue weighted by Crippen LogP contribution is 2.45. The van der Waals surface area contributed by atoms with Gasteiger partial charge in [-0.15, -0.1) is 0 Å². The van der Waals surface area contributed by atoms with Crippen LogP contribution in [-0.4, -0.2) is 48.7 Å². The Bertz CT molecular complexity index is 1050. The van der Waals surface area contributed by atoms with Crippen molar-refractivity contribution in [1.29, 1.82) is 5.26 Å². The summed E-state index contributed by atoms with van der Waals surface area (Å²) in [6.45, 7) is 1.80. The van der Waals surface area contributed by atoms with Gasteiger partial charge < -0.3 is 14.9 Å². The lowest BCUT2D eigenvalue weighted by Gasteiger charge is -2.42. The molecule has 0 bridgehead atoms. The first kappa shape index (κ1) is 23.1. The fourth-order valence-corrected chi connectivity index (χ4v) is 5.08. The van der Waals surface area contributed by atoms with Crippen LogP contribution >= 0.6 is 0 Å². The standard InChI is InChI=1S/C25H26F3N3O2/c26-25(27,28)22-12-21(8-7-19(22)13-29)31-15-20-14-30(11-10-24(20,16-31)17-32)23(33)9-6-18-4-2-1-3-5-18/h1-5,7-8,12,20,32H,6,9-11,14-17H2/t20-,24+/m1/s1. The summed E-state index contributed by atoms with van der Waals surface area (Å²) >= 11 is 0. The molecule has 0 unspecified atom stereocenters. The number of rotatable bonds is 5. The van der Waals surface area contributed by atoms with Crippen LogP contribution in [0.5, 0.6) is 0 Å². The zero-order valence-corrected chi connectivity index (χ0v) is 18.2. The molecule has 2 atom stereocenters. The van der Waals surface area contributed by atoms with Crippen molar-refractivity contribution in [1.82, 2.24) is 4.90 Å². The highest BCUT2D eigenvalue weighted by molar-refractivity contribution is 5.76. The summed E-state index contributed by atoms with van der Waals surface area (Å²) in [5, 5.41) is 19.3. The van der Waals surface area contributed by atoms with Crippen LogP contribution < -0.4 is 4.90 Å². The first-order valence-corrected chi connectivity index (χ1v) is 11.0. The summed E-state index contributed by atoms with van der Waals surface area (Å²) in [6, 6.07) is 15.1. The predicted molar refractivity (Wildman–Crippen MR) is 117 cm³/mol. The summed E-state index contributed by atoms with van der Waals surface area (Å²) < 4.78 is 40.3. The third-order valence-electron chi connectivity index (χ3n) is 7.07. The summed E-state index contributed by atoms with van der Waals surface area (Å²) in [5.41, 5.74) is -0.336. The number of amides is 1. The first-order valence-electron chi connectivity index (χ1n) is 11.0. The van der Waals surface area contributed by atoms with E-state index in [1.807, 2.05) is 40.1 Å². The van der Waals surface area contributed by atoms with Crippen molar-refractivity contribution in [3.8, 4) is 6.07 Å². The number of carbonyl (C=O) groups excluding carboxylic acids is 1. The first-order chi connectivity index (χ1) is 15.8. The largest absolute Gasteiger partial charge is 0.417 e. The number of hydrogen-bond donors (Lipinski definition) is 1. The fraction of sp³-hybridized carbons (Fsp3) is 0.440. The van der Waals surface area contributed by atoms with Gasteiger partial charge in [0, 0.05) is 49.6 Å². The van der Waals surface area contributed by atoms with Crippen molar-refractivity contribution in [2.24, 2.45) is 11.3 Å². The number of alkyl halides is 3. The lowest BCUT2D eigenvalue weighted by atomic mass is 9.73. The Balaban J connectivity index is 1.47. The fourth-order valence-electron chi connectivity index (χ4n) is 5.08. The van der Waals surface area contributed by atoms with E-state index in [4.69, 9.17) is 5.26 Å². The molecule has 0 radical (unpaired) electrons. The zero-order valence-electron chi connectivity index (χ0n) is 18.2. The minimum Gasteiger partial charge on any atom is -0.396 e. The highest BCUT2D eigenvalue weighted by atomic mass is 19.4. The lowest BCUT2D eigenvalue weighted by molar-refractivity contribution is -0.138. The average molecular weight is 457 g/mol. The van der Waals surface area contributed by atoms with Gasteiger partial charge >= 0.3 is 6.18 Å². The highest BCUT2D eigenvalue weighted by Gasteiger charge is 2.50. The Hall–Kier alpha value is -3.05. The number of halogens is 3. The number of likely N-dealkylation sites (tertiary alicyclic amines) is 1. The molecule has 2 aliphatic rings. The molecule has 2 heterocycles. The van der Waals surface area contributed by atoms with Gasteiger partial charge in [0.1, 0.15) is 0 Å². The van der Waals surface area contributed by atoms with Crippen molar-refractivity contribution in [2.45, 2.75) is 25.4 Å². The van der Waals surface area contributed by atoms with Crippen LogP contribution in [0.1, 0.15) is 29.5 Å². The van der Waals surface area contributed by atoms with E-state index in [0.29, 0.717) is 51.1 Å². The molecule has 2 saturated heterocycles. The normalized spacial score (nSPS) is 22.7. The Morgan fingerprint density at radius 2 is 1.94 bits per heavy atom. The molecule has 0 saturated carbocycles. The molecule has 0 spiro atoms. The molecule has 5 nitrogen and oxygen atoms in total. The Kier molecular flexibility index (Phi) is 6.35. The number of benzene rings is 2. The smallest absolute Gasteiger partial charge is 0.396 e. The number of aliphatic hydroxyl groups is 1. The van der Waals surface area contributed by atoms with Crippen molar-refractivity contribution < 1.29 is 23.1 Å². The number of fused-ring (bicyclic) bond motifs is 1. The van der Waals surface area contributed by atoms with Gasteiger partial charge in [-0.25, -0.2) is 0 Å². The number of nitrogens with zero attached hydrogens (tertiary/aromatic N) is 3. The maximum Gasteiger partial charge on any atom is 0.417 e. The molecule has 2 aromatic rings. The molecule has 1 amide bonds. The zero-order chi connectivity index (χ0) is 23.6. The number of piperidine rings is 1. The van der Waals surface area contributed by atoms with Crippen molar-refractivity contribution >= 4 is 11.6 Å². The van der Waals surface area contributed by atoms with Crippen LogP contribution in [0, 0.1) is 22.7 Å². The van der Waals surface area contributed by atoms with Gasteiger partial charge in [0.2, 0.25) is 5.91 Å². The third kappa shape index (κ3) is 4.69. The molecule has 4 rings (SSSR count). The predicted octanol–water partition coefficient (Wildman–Crippen LogP) is 3.86. The second-order valence-corrected chi connectivity index (χ2v) is 9.01. The second kappa shape index (κ2) is 9.06. The maximum absolute atomic E-state index is 13.4. The van der Waals surface area contributed by atoms with Crippen LogP contribution in [0.25, 0.3) is 0 Å². The summed E-state index contributed by atoms with van der Waals surface area (Å²) in [4.78, 5) is 16.5. The number of aliphatic hydroxyl groups excluding tert-OH is 1. The second-order valence-electron chi connectivity index (χ2n) is 9.01. The SMILES string of the molecule is N#Cc1ccc(N2C[C@H]3CN(C(=O)CCc4ccccc4)CC[C@@]3(CO)C2)cc1C(F)(F)F. The van der Waals surface area contributed by atoms with E-state index in [0.717, 1.165) is 11.6 Å². The molecule has 8 heteroatoms. The summed E-state index contributed by atoms with van der Waals surface area (Å²) in [7, 11) is 0. The van der Waals surface area contributed by atoms with Gasteiger partial charge in [-0.1, -0.05) is 30.3 Å². The molecule has 2 fully saturated rings. The number of aryl methyl sites for hydroxylation is 1. The Labute approximate surface area is 191 Å². The average Bonchev–Trinajstić information content (AvgIpc) is 3.21. The minimum absolute atomic E-state index is 0.0399. The van der Waals surface area contributed by atoms with E-state index in [-0.39, 0.29) is 18.4 Å².